The van der Waals surface area contributed by atoms with Gasteiger partial charge in [-0.1, -0.05) is 29.4 Å². The largest absolute Gasteiger partial charge is 0.376 e. The Labute approximate surface area is 163 Å². The second kappa shape index (κ2) is 8.10. The van der Waals surface area contributed by atoms with E-state index in [0.717, 1.165) is 5.69 Å². The van der Waals surface area contributed by atoms with Crippen molar-refractivity contribution in [3.63, 3.8) is 0 Å². The lowest BCUT2D eigenvalue weighted by molar-refractivity contribution is 0.384. The topological polar surface area (TPSA) is 85.1 Å². The predicted molar refractivity (Wildman–Crippen MR) is 106 cm³/mol. The summed E-state index contributed by atoms with van der Waals surface area (Å²) in [6.45, 7) is 5.29. The van der Waals surface area contributed by atoms with E-state index in [4.69, 9.17) is 4.52 Å². The predicted octanol–water partition coefficient (Wildman–Crippen LogP) is 4.12. The summed E-state index contributed by atoms with van der Waals surface area (Å²) in [6, 6.07) is 12.0. The maximum absolute atomic E-state index is 13.7. The van der Waals surface area contributed by atoms with Gasteiger partial charge >= 0.3 is 0 Å². The van der Waals surface area contributed by atoms with Crippen LogP contribution in [0, 0.1) is 12.7 Å². The summed E-state index contributed by atoms with van der Waals surface area (Å²) in [6.07, 6.45) is 0. The highest BCUT2D eigenvalue weighted by molar-refractivity contribution is 7.91. The molecule has 0 aliphatic carbocycles. The van der Waals surface area contributed by atoms with Crippen molar-refractivity contribution in [1.82, 2.24) is 10.1 Å². The van der Waals surface area contributed by atoms with Crippen LogP contribution in [0.3, 0.4) is 0 Å². The molecule has 0 aliphatic rings. The number of benzene rings is 2. The number of aryl methyl sites for hydroxylation is 1. The number of aromatic nitrogens is 2. The van der Waals surface area contributed by atoms with Crippen LogP contribution in [0.25, 0.3) is 11.4 Å². The van der Waals surface area contributed by atoms with Crippen LogP contribution in [0.2, 0.25) is 0 Å². The number of hydrogen-bond acceptors (Lipinski definition) is 6. The van der Waals surface area contributed by atoms with Crippen molar-refractivity contribution < 1.29 is 17.3 Å². The van der Waals surface area contributed by atoms with Gasteiger partial charge in [-0.05, 0) is 50.1 Å². The van der Waals surface area contributed by atoms with Gasteiger partial charge in [0.2, 0.25) is 11.7 Å². The molecule has 0 amide bonds. The van der Waals surface area contributed by atoms with Crippen LogP contribution in [0.1, 0.15) is 30.9 Å². The molecule has 1 N–H and O–H groups in total. The summed E-state index contributed by atoms with van der Waals surface area (Å²) in [5, 5.41) is 6.60. The third-order valence-electron chi connectivity index (χ3n) is 4.35. The molecule has 0 aliphatic heterocycles. The molecule has 0 saturated carbocycles. The van der Waals surface area contributed by atoms with Crippen molar-refractivity contribution in [1.29, 1.82) is 0 Å². The van der Waals surface area contributed by atoms with Crippen LogP contribution in [-0.4, -0.2) is 23.8 Å². The second-order valence-electron chi connectivity index (χ2n) is 6.89. The lowest BCUT2D eigenvalue weighted by Gasteiger charge is -2.09. The molecule has 0 unspecified atom stereocenters. The minimum atomic E-state index is -3.17. The van der Waals surface area contributed by atoms with Gasteiger partial charge in [-0.15, -0.1) is 0 Å². The molecule has 8 heteroatoms. The zero-order chi connectivity index (χ0) is 20.3. The van der Waals surface area contributed by atoms with E-state index in [1.54, 1.807) is 51.1 Å². The van der Waals surface area contributed by atoms with Gasteiger partial charge < -0.3 is 9.84 Å². The van der Waals surface area contributed by atoms with Crippen molar-refractivity contribution in [2.45, 2.75) is 38.3 Å². The third-order valence-corrected chi connectivity index (χ3v) is 6.53. The molecule has 0 fully saturated rings. The van der Waals surface area contributed by atoms with Crippen LogP contribution < -0.4 is 5.32 Å². The fraction of sp³-hybridized carbons (Fsp3) is 0.300. The van der Waals surface area contributed by atoms with Crippen LogP contribution >= 0.6 is 0 Å². The average molecular weight is 403 g/mol. The van der Waals surface area contributed by atoms with Crippen molar-refractivity contribution >= 4 is 15.5 Å². The maximum atomic E-state index is 13.7. The maximum Gasteiger partial charge on any atom is 0.246 e. The summed E-state index contributed by atoms with van der Waals surface area (Å²) >= 11 is 0. The van der Waals surface area contributed by atoms with E-state index < -0.39 is 15.1 Å². The summed E-state index contributed by atoms with van der Waals surface area (Å²) in [7, 11) is -3.17. The van der Waals surface area contributed by atoms with Gasteiger partial charge in [-0.2, -0.15) is 4.98 Å². The molecule has 1 aromatic heterocycles. The molecular formula is C20H22FN3O3S. The van der Waals surface area contributed by atoms with Gasteiger partial charge in [0, 0.05) is 11.3 Å². The van der Waals surface area contributed by atoms with E-state index in [-0.39, 0.29) is 18.1 Å². The zero-order valence-electron chi connectivity index (χ0n) is 15.9. The summed E-state index contributed by atoms with van der Waals surface area (Å²) in [5.74, 6) is 0.322. The van der Waals surface area contributed by atoms with E-state index in [1.807, 2.05) is 6.07 Å². The third kappa shape index (κ3) is 4.75. The van der Waals surface area contributed by atoms with Crippen LogP contribution in [0.5, 0.6) is 0 Å². The first-order chi connectivity index (χ1) is 13.2. The van der Waals surface area contributed by atoms with Crippen LogP contribution in [-0.2, 0) is 22.1 Å². The molecule has 0 spiro atoms. The van der Waals surface area contributed by atoms with Crippen molar-refractivity contribution in [3.05, 3.63) is 65.3 Å². The highest BCUT2D eigenvalue weighted by Crippen LogP contribution is 2.20. The average Bonchev–Trinajstić information content (AvgIpc) is 3.11. The molecule has 148 valence electrons. The Hall–Kier alpha value is -2.74. The van der Waals surface area contributed by atoms with Gasteiger partial charge in [-0.25, -0.2) is 12.8 Å². The number of hydrogen-bond donors (Lipinski definition) is 1. The molecule has 1 heterocycles. The summed E-state index contributed by atoms with van der Waals surface area (Å²) in [5.41, 5.74) is 2.55. The first-order valence-corrected chi connectivity index (χ1v) is 10.6. The minimum Gasteiger partial charge on any atom is -0.376 e. The first-order valence-electron chi connectivity index (χ1n) is 8.88. The number of anilines is 1. The Balaban J connectivity index is 1.67. The number of rotatable bonds is 7. The van der Waals surface area contributed by atoms with Gasteiger partial charge in [0.25, 0.3) is 0 Å². The Kier molecular flexibility index (Phi) is 5.79. The van der Waals surface area contributed by atoms with E-state index >= 15 is 0 Å². The van der Waals surface area contributed by atoms with Crippen LogP contribution in [0.4, 0.5) is 10.1 Å². The van der Waals surface area contributed by atoms with E-state index in [9.17, 15) is 12.8 Å². The second-order valence-corrected chi connectivity index (χ2v) is 9.44. The Morgan fingerprint density at radius 3 is 2.68 bits per heavy atom. The normalized spacial score (nSPS) is 11.8. The first kappa shape index (κ1) is 20.0. The molecule has 6 nitrogen and oxygen atoms in total. The summed E-state index contributed by atoms with van der Waals surface area (Å²) in [4.78, 5) is 4.27. The number of nitrogens with zero attached hydrogens (tertiary/aromatic N) is 2. The number of halogens is 1. The number of sulfone groups is 1. The SMILES string of the molecule is Cc1ccc(-c2noc(CNc3cccc(CS(=O)(=O)C(C)C)c3)n2)cc1F. The van der Waals surface area contributed by atoms with Crippen LogP contribution in [0.15, 0.2) is 47.0 Å². The zero-order valence-corrected chi connectivity index (χ0v) is 16.8. The van der Waals surface area contributed by atoms with E-state index in [1.165, 1.54) is 6.07 Å². The molecule has 3 rings (SSSR count). The van der Waals surface area contributed by atoms with Gasteiger partial charge in [0.15, 0.2) is 9.84 Å². The van der Waals surface area contributed by atoms with E-state index in [2.05, 4.69) is 15.5 Å². The van der Waals surface area contributed by atoms with Crippen molar-refractivity contribution in [2.24, 2.45) is 0 Å². The van der Waals surface area contributed by atoms with Crippen molar-refractivity contribution in [3.8, 4) is 11.4 Å². The monoisotopic (exact) mass is 403 g/mol. The minimum absolute atomic E-state index is 0.0100. The fourth-order valence-electron chi connectivity index (χ4n) is 2.52. The molecule has 0 radical (unpaired) electrons. The van der Waals surface area contributed by atoms with Gasteiger partial charge in [0.1, 0.15) is 5.82 Å². The smallest absolute Gasteiger partial charge is 0.246 e. The Morgan fingerprint density at radius 2 is 1.96 bits per heavy atom. The molecule has 3 aromatic rings. The highest BCUT2D eigenvalue weighted by atomic mass is 32.2. The summed E-state index contributed by atoms with van der Waals surface area (Å²) < 4.78 is 43.1. The molecule has 2 aromatic carbocycles. The van der Waals surface area contributed by atoms with E-state index in [0.29, 0.717) is 28.4 Å². The fourth-order valence-corrected chi connectivity index (χ4v) is 3.50. The number of nitrogens with one attached hydrogen (secondary N) is 1. The molecule has 28 heavy (non-hydrogen) atoms. The standard InChI is InChI=1S/C20H22FN3O3S/c1-13(2)28(25,26)12-15-5-4-6-17(9-15)22-11-19-23-20(24-27-19)16-8-7-14(3)18(21)10-16/h4-10,13,22H,11-12H2,1-3H3. The molecule has 0 atom stereocenters. The molecular weight excluding hydrogens is 381 g/mol. The molecule has 0 saturated heterocycles. The van der Waals surface area contributed by atoms with Gasteiger partial charge in [0.05, 0.1) is 17.5 Å². The lowest BCUT2D eigenvalue weighted by Crippen LogP contribution is -2.16. The Bertz CT molecular complexity index is 1080. The Morgan fingerprint density at radius 1 is 1.18 bits per heavy atom. The quantitative estimate of drug-likeness (QED) is 0.639. The highest BCUT2D eigenvalue weighted by Gasteiger charge is 2.17. The van der Waals surface area contributed by atoms with Crippen molar-refractivity contribution in [2.75, 3.05) is 5.32 Å². The lowest BCUT2D eigenvalue weighted by atomic mass is 10.1. The molecule has 0 bridgehead atoms. The van der Waals surface area contributed by atoms with Gasteiger partial charge in [-0.3, -0.25) is 0 Å².